The summed E-state index contributed by atoms with van der Waals surface area (Å²) in [5, 5.41) is 9.83. The first-order valence-electron chi connectivity index (χ1n) is 5.81. The Labute approximate surface area is 103 Å². The Hall–Kier alpha value is -1.32. The van der Waals surface area contributed by atoms with Crippen LogP contribution in [0.5, 0.6) is 0 Å². The van der Waals surface area contributed by atoms with Crippen molar-refractivity contribution in [2.75, 3.05) is 14.2 Å². The number of methoxy groups -OCH3 is 2. The Bertz CT molecular complexity index is 329. The molecule has 0 heterocycles. The molecule has 0 aromatic carbocycles. The van der Waals surface area contributed by atoms with Crippen LogP contribution in [0.4, 0.5) is 0 Å². The molecule has 1 fully saturated rings. The molecule has 0 aromatic rings. The minimum absolute atomic E-state index is 0.195. The monoisotopic (exact) mass is 235 g/mol. The van der Waals surface area contributed by atoms with Crippen molar-refractivity contribution in [1.29, 1.82) is 0 Å². The Morgan fingerprint density at radius 1 is 1.18 bits per heavy atom. The topological polar surface area (TPSA) is 38.7 Å². The molecule has 1 saturated carbocycles. The van der Waals surface area contributed by atoms with Crippen molar-refractivity contribution in [2.45, 2.75) is 31.8 Å². The van der Waals surface area contributed by atoms with Crippen LogP contribution < -0.4 is 0 Å². The number of ether oxygens (including phenoxy) is 2. The SMILES string of the molecule is COC#CCC1C[CH]C(O)C(CC#COC)C1. The van der Waals surface area contributed by atoms with E-state index in [1.165, 1.54) is 0 Å². The molecule has 3 heteroatoms. The van der Waals surface area contributed by atoms with Crippen LogP contribution in [-0.2, 0) is 9.47 Å². The molecular weight excluding hydrogens is 216 g/mol. The minimum Gasteiger partial charge on any atom is -0.450 e. The van der Waals surface area contributed by atoms with E-state index in [1.54, 1.807) is 14.2 Å². The first-order chi connectivity index (χ1) is 8.27. The van der Waals surface area contributed by atoms with E-state index < -0.39 is 0 Å². The van der Waals surface area contributed by atoms with Gasteiger partial charge < -0.3 is 14.6 Å². The average molecular weight is 235 g/mol. The van der Waals surface area contributed by atoms with Crippen molar-refractivity contribution >= 4 is 0 Å². The smallest absolute Gasteiger partial charge is 0.109 e. The lowest BCUT2D eigenvalue weighted by atomic mass is 9.77. The summed E-state index contributed by atoms with van der Waals surface area (Å²) in [6, 6.07) is 0. The predicted octanol–water partition coefficient (Wildman–Crippen LogP) is 1.57. The second-order valence-electron chi connectivity index (χ2n) is 4.20. The van der Waals surface area contributed by atoms with Gasteiger partial charge in [-0.05, 0) is 31.1 Å². The van der Waals surface area contributed by atoms with E-state index in [0.717, 1.165) is 19.3 Å². The van der Waals surface area contributed by atoms with Crippen molar-refractivity contribution in [2.24, 2.45) is 11.8 Å². The van der Waals surface area contributed by atoms with Crippen LogP contribution in [0.15, 0.2) is 0 Å². The number of aliphatic hydroxyl groups is 1. The van der Waals surface area contributed by atoms with Crippen LogP contribution in [0.1, 0.15) is 25.7 Å². The predicted molar refractivity (Wildman–Crippen MR) is 65.3 cm³/mol. The second-order valence-corrected chi connectivity index (χ2v) is 4.20. The zero-order valence-corrected chi connectivity index (χ0v) is 10.4. The molecule has 1 aliphatic rings. The molecule has 1 radical (unpaired) electrons. The van der Waals surface area contributed by atoms with Crippen molar-refractivity contribution in [3.05, 3.63) is 6.42 Å². The zero-order valence-electron chi connectivity index (χ0n) is 10.4. The van der Waals surface area contributed by atoms with Gasteiger partial charge in [-0.1, -0.05) is 11.8 Å². The van der Waals surface area contributed by atoms with Gasteiger partial charge in [0, 0.05) is 12.8 Å². The quantitative estimate of drug-likeness (QED) is 0.738. The van der Waals surface area contributed by atoms with Gasteiger partial charge in [0.1, 0.15) is 12.2 Å². The van der Waals surface area contributed by atoms with E-state index in [0.29, 0.717) is 12.3 Å². The summed E-state index contributed by atoms with van der Waals surface area (Å²) in [7, 11) is 3.10. The number of hydrogen-bond acceptors (Lipinski definition) is 3. The molecule has 17 heavy (non-hydrogen) atoms. The summed E-state index contributed by atoms with van der Waals surface area (Å²) in [4.78, 5) is 0. The Morgan fingerprint density at radius 3 is 2.47 bits per heavy atom. The second kappa shape index (κ2) is 7.87. The van der Waals surface area contributed by atoms with Gasteiger partial charge in [-0.2, -0.15) is 0 Å². The first kappa shape index (κ1) is 13.7. The molecule has 93 valence electrons. The highest BCUT2D eigenvalue weighted by Gasteiger charge is 2.28. The van der Waals surface area contributed by atoms with Gasteiger partial charge in [0.25, 0.3) is 0 Å². The molecule has 1 aliphatic carbocycles. The third-order valence-corrected chi connectivity index (χ3v) is 2.93. The summed E-state index contributed by atoms with van der Waals surface area (Å²) in [5.41, 5.74) is 0. The summed E-state index contributed by atoms with van der Waals surface area (Å²) < 4.78 is 9.38. The van der Waals surface area contributed by atoms with Gasteiger partial charge in [0.15, 0.2) is 0 Å². The third kappa shape index (κ3) is 5.02. The molecule has 0 aromatic heterocycles. The van der Waals surface area contributed by atoms with Gasteiger partial charge in [0.05, 0.1) is 20.3 Å². The Balaban J connectivity index is 2.41. The Kier molecular flexibility index (Phi) is 6.37. The van der Waals surface area contributed by atoms with E-state index in [4.69, 9.17) is 4.74 Å². The molecule has 0 amide bonds. The fourth-order valence-corrected chi connectivity index (χ4v) is 2.06. The van der Waals surface area contributed by atoms with Gasteiger partial charge in [0.2, 0.25) is 0 Å². The van der Waals surface area contributed by atoms with E-state index in [1.807, 2.05) is 6.42 Å². The van der Waals surface area contributed by atoms with Crippen molar-refractivity contribution in [3.8, 4) is 24.1 Å². The van der Waals surface area contributed by atoms with E-state index >= 15 is 0 Å². The summed E-state index contributed by atoms with van der Waals surface area (Å²) in [6.45, 7) is 0. The summed E-state index contributed by atoms with van der Waals surface area (Å²) >= 11 is 0. The maximum absolute atomic E-state index is 9.83. The van der Waals surface area contributed by atoms with E-state index in [-0.39, 0.29) is 12.0 Å². The standard InChI is InChI=1S/C14H19O3/c1-16-9-3-5-12-7-8-14(15)13(11-12)6-4-10-17-2/h8,12-15H,5-7,11H2,1-2H3. The molecular formula is C14H19O3. The van der Waals surface area contributed by atoms with Gasteiger partial charge in [-0.3, -0.25) is 0 Å². The molecule has 3 nitrogen and oxygen atoms in total. The van der Waals surface area contributed by atoms with Gasteiger partial charge in [-0.15, -0.1) is 0 Å². The van der Waals surface area contributed by atoms with Crippen LogP contribution in [0.2, 0.25) is 0 Å². The minimum atomic E-state index is -0.354. The molecule has 0 saturated heterocycles. The van der Waals surface area contributed by atoms with Gasteiger partial charge >= 0.3 is 0 Å². The van der Waals surface area contributed by atoms with E-state index in [9.17, 15) is 5.11 Å². The highest BCUT2D eigenvalue weighted by atomic mass is 16.5. The zero-order chi connectivity index (χ0) is 12.5. The highest BCUT2D eigenvalue weighted by molar-refractivity contribution is 5.02. The molecule has 3 atom stereocenters. The first-order valence-corrected chi connectivity index (χ1v) is 5.81. The fourth-order valence-electron chi connectivity index (χ4n) is 2.06. The molecule has 1 N–H and O–H groups in total. The molecule has 0 aliphatic heterocycles. The number of rotatable bonds is 2. The molecule has 0 bridgehead atoms. The third-order valence-electron chi connectivity index (χ3n) is 2.93. The summed E-state index contributed by atoms with van der Waals surface area (Å²) in [5.74, 6) is 6.57. The van der Waals surface area contributed by atoms with Crippen LogP contribution in [-0.4, -0.2) is 25.4 Å². The normalized spacial score (nSPS) is 27.1. The molecule has 1 rings (SSSR count). The van der Waals surface area contributed by atoms with Crippen molar-refractivity contribution in [3.63, 3.8) is 0 Å². The van der Waals surface area contributed by atoms with Gasteiger partial charge in [-0.25, -0.2) is 0 Å². The fraction of sp³-hybridized carbons (Fsp3) is 0.643. The van der Waals surface area contributed by atoms with Crippen LogP contribution in [0, 0.1) is 42.3 Å². The van der Waals surface area contributed by atoms with Crippen LogP contribution in [0.25, 0.3) is 0 Å². The number of hydrogen-bond donors (Lipinski definition) is 1. The Morgan fingerprint density at radius 2 is 1.82 bits per heavy atom. The summed E-state index contributed by atoms with van der Waals surface area (Å²) in [6.07, 6.45) is 10.1. The lowest BCUT2D eigenvalue weighted by Crippen LogP contribution is -2.29. The molecule has 3 unspecified atom stereocenters. The highest BCUT2D eigenvalue weighted by Crippen LogP contribution is 2.32. The van der Waals surface area contributed by atoms with Crippen LogP contribution in [0.3, 0.4) is 0 Å². The number of aliphatic hydroxyl groups excluding tert-OH is 1. The maximum atomic E-state index is 9.83. The molecule has 0 spiro atoms. The van der Waals surface area contributed by atoms with E-state index in [2.05, 4.69) is 28.8 Å². The average Bonchev–Trinajstić information content (AvgIpc) is 2.33. The lowest BCUT2D eigenvalue weighted by molar-refractivity contribution is 0.0931. The largest absolute Gasteiger partial charge is 0.450 e. The maximum Gasteiger partial charge on any atom is 0.109 e. The van der Waals surface area contributed by atoms with Crippen LogP contribution >= 0.6 is 0 Å². The van der Waals surface area contributed by atoms with Crippen molar-refractivity contribution in [1.82, 2.24) is 0 Å². The lowest BCUT2D eigenvalue weighted by Gasteiger charge is -2.31. The van der Waals surface area contributed by atoms with Crippen molar-refractivity contribution < 1.29 is 14.6 Å².